The molecule has 0 aliphatic heterocycles. The molecule has 0 saturated carbocycles. The quantitative estimate of drug-likeness (QED) is 0.687. The SMILES string of the molecule is CC(=O)Nc1cccc(C(=O)NCCNC(=O)C(C)C)c1. The molecule has 6 heteroatoms. The Kier molecular flexibility index (Phi) is 6.39. The van der Waals surface area contributed by atoms with Gasteiger partial charge in [-0.15, -0.1) is 0 Å². The minimum Gasteiger partial charge on any atom is -0.354 e. The van der Waals surface area contributed by atoms with E-state index in [4.69, 9.17) is 0 Å². The summed E-state index contributed by atoms with van der Waals surface area (Å²) >= 11 is 0. The molecule has 0 radical (unpaired) electrons. The van der Waals surface area contributed by atoms with Gasteiger partial charge in [-0.05, 0) is 18.2 Å². The number of benzene rings is 1. The topological polar surface area (TPSA) is 87.3 Å². The summed E-state index contributed by atoms with van der Waals surface area (Å²) in [5, 5.41) is 8.04. The lowest BCUT2D eigenvalue weighted by Gasteiger charge is -2.09. The number of carbonyl (C=O) groups excluding carboxylic acids is 3. The number of hydrogen-bond acceptors (Lipinski definition) is 3. The van der Waals surface area contributed by atoms with Crippen molar-refractivity contribution < 1.29 is 14.4 Å². The molecular formula is C15H21N3O3. The van der Waals surface area contributed by atoms with Gasteiger partial charge in [0.1, 0.15) is 0 Å². The van der Waals surface area contributed by atoms with Crippen LogP contribution in [0.15, 0.2) is 24.3 Å². The lowest BCUT2D eigenvalue weighted by Crippen LogP contribution is -2.36. The van der Waals surface area contributed by atoms with Gasteiger partial charge in [-0.2, -0.15) is 0 Å². The molecular weight excluding hydrogens is 270 g/mol. The second-order valence-corrected chi connectivity index (χ2v) is 4.96. The zero-order chi connectivity index (χ0) is 15.8. The highest BCUT2D eigenvalue weighted by atomic mass is 16.2. The van der Waals surface area contributed by atoms with Crippen LogP contribution < -0.4 is 16.0 Å². The lowest BCUT2D eigenvalue weighted by molar-refractivity contribution is -0.124. The van der Waals surface area contributed by atoms with Crippen molar-refractivity contribution in [2.24, 2.45) is 5.92 Å². The highest BCUT2D eigenvalue weighted by Gasteiger charge is 2.08. The maximum absolute atomic E-state index is 11.9. The normalized spacial score (nSPS) is 10.1. The molecule has 1 rings (SSSR count). The van der Waals surface area contributed by atoms with E-state index in [0.717, 1.165) is 0 Å². The second kappa shape index (κ2) is 8.04. The van der Waals surface area contributed by atoms with Gasteiger partial charge in [-0.1, -0.05) is 19.9 Å². The Morgan fingerprint density at radius 3 is 2.38 bits per heavy atom. The van der Waals surface area contributed by atoms with Gasteiger partial charge in [-0.25, -0.2) is 0 Å². The van der Waals surface area contributed by atoms with Crippen molar-refractivity contribution >= 4 is 23.4 Å². The Hall–Kier alpha value is -2.37. The summed E-state index contributed by atoms with van der Waals surface area (Å²) in [5.74, 6) is -0.558. The lowest BCUT2D eigenvalue weighted by atomic mass is 10.2. The van der Waals surface area contributed by atoms with Crippen LogP contribution in [0, 0.1) is 5.92 Å². The molecule has 1 aromatic carbocycles. The van der Waals surface area contributed by atoms with Crippen molar-refractivity contribution in [1.29, 1.82) is 0 Å². The number of amides is 3. The van der Waals surface area contributed by atoms with E-state index in [1.807, 2.05) is 0 Å². The van der Waals surface area contributed by atoms with E-state index in [2.05, 4.69) is 16.0 Å². The first kappa shape index (κ1) is 16.7. The Bertz CT molecular complexity index is 527. The van der Waals surface area contributed by atoms with Gasteiger partial charge in [0.25, 0.3) is 5.91 Å². The second-order valence-electron chi connectivity index (χ2n) is 4.96. The fourth-order valence-electron chi connectivity index (χ4n) is 1.61. The average Bonchev–Trinajstić information content (AvgIpc) is 2.42. The van der Waals surface area contributed by atoms with Crippen LogP contribution in [0.4, 0.5) is 5.69 Å². The number of carbonyl (C=O) groups is 3. The first-order valence-electron chi connectivity index (χ1n) is 6.83. The highest BCUT2D eigenvalue weighted by Crippen LogP contribution is 2.10. The third-order valence-corrected chi connectivity index (χ3v) is 2.68. The Morgan fingerprint density at radius 2 is 1.76 bits per heavy atom. The number of nitrogens with one attached hydrogen (secondary N) is 3. The van der Waals surface area contributed by atoms with Crippen LogP contribution in [0.3, 0.4) is 0 Å². The molecule has 3 N–H and O–H groups in total. The molecule has 114 valence electrons. The van der Waals surface area contributed by atoms with Crippen LogP contribution in [0.5, 0.6) is 0 Å². The van der Waals surface area contributed by atoms with E-state index < -0.39 is 0 Å². The molecule has 0 aromatic heterocycles. The van der Waals surface area contributed by atoms with Crippen LogP contribution in [0.25, 0.3) is 0 Å². The Balaban J connectivity index is 2.45. The number of anilines is 1. The molecule has 21 heavy (non-hydrogen) atoms. The van der Waals surface area contributed by atoms with Crippen molar-refractivity contribution in [1.82, 2.24) is 10.6 Å². The molecule has 0 saturated heterocycles. The summed E-state index contributed by atoms with van der Waals surface area (Å²) in [6, 6.07) is 6.67. The van der Waals surface area contributed by atoms with Crippen LogP contribution in [-0.2, 0) is 9.59 Å². The van der Waals surface area contributed by atoms with Gasteiger partial charge >= 0.3 is 0 Å². The standard InChI is InChI=1S/C15H21N3O3/c1-10(2)14(20)16-7-8-17-15(21)12-5-4-6-13(9-12)18-11(3)19/h4-6,9-10H,7-8H2,1-3H3,(H,16,20)(H,17,21)(H,18,19). The maximum atomic E-state index is 11.9. The summed E-state index contributed by atoms with van der Waals surface area (Å²) in [5.41, 5.74) is 1.03. The third kappa shape index (κ3) is 6.07. The molecule has 0 spiro atoms. The molecule has 3 amide bonds. The highest BCUT2D eigenvalue weighted by molar-refractivity contribution is 5.96. The van der Waals surface area contributed by atoms with Gasteiger partial charge in [0, 0.05) is 37.2 Å². The summed E-state index contributed by atoms with van der Waals surface area (Å²) in [6.45, 7) is 5.75. The minimum absolute atomic E-state index is 0.0445. The first-order valence-corrected chi connectivity index (χ1v) is 6.83. The first-order chi connectivity index (χ1) is 9.90. The molecule has 0 fully saturated rings. The predicted molar refractivity (Wildman–Crippen MR) is 80.9 cm³/mol. The van der Waals surface area contributed by atoms with E-state index in [0.29, 0.717) is 24.3 Å². The third-order valence-electron chi connectivity index (χ3n) is 2.68. The van der Waals surface area contributed by atoms with Gasteiger partial charge in [-0.3, -0.25) is 14.4 Å². The largest absolute Gasteiger partial charge is 0.354 e. The van der Waals surface area contributed by atoms with Gasteiger partial charge < -0.3 is 16.0 Å². The zero-order valence-electron chi connectivity index (χ0n) is 12.5. The van der Waals surface area contributed by atoms with E-state index >= 15 is 0 Å². The Morgan fingerprint density at radius 1 is 1.10 bits per heavy atom. The molecule has 1 aromatic rings. The van der Waals surface area contributed by atoms with Crippen LogP contribution in [0.2, 0.25) is 0 Å². The monoisotopic (exact) mass is 291 g/mol. The van der Waals surface area contributed by atoms with E-state index in [1.54, 1.807) is 38.1 Å². The minimum atomic E-state index is -0.249. The van der Waals surface area contributed by atoms with E-state index in [1.165, 1.54) is 6.92 Å². The molecule has 0 atom stereocenters. The van der Waals surface area contributed by atoms with Gasteiger partial charge in [0.05, 0.1) is 0 Å². The predicted octanol–water partition coefficient (Wildman–Crippen LogP) is 1.15. The van der Waals surface area contributed by atoms with E-state index in [9.17, 15) is 14.4 Å². The Labute approximate surface area is 124 Å². The molecule has 0 bridgehead atoms. The maximum Gasteiger partial charge on any atom is 0.251 e. The smallest absolute Gasteiger partial charge is 0.251 e. The molecule has 0 heterocycles. The molecule has 0 aliphatic carbocycles. The van der Waals surface area contributed by atoms with Crippen molar-refractivity contribution in [2.75, 3.05) is 18.4 Å². The van der Waals surface area contributed by atoms with Crippen molar-refractivity contribution in [2.45, 2.75) is 20.8 Å². The van der Waals surface area contributed by atoms with Crippen molar-refractivity contribution in [3.8, 4) is 0 Å². The zero-order valence-corrected chi connectivity index (χ0v) is 12.5. The van der Waals surface area contributed by atoms with Crippen LogP contribution in [0.1, 0.15) is 31.1 Å². The van der Waals surface area contributed by atoms with Crippen LogP contribution >= 0.6 is 0 Å². The molecule has 0 aliphatic rings. The van der Waals surface area contributed by atoms with Crippen LogP contribution in [-0.4, -0.2) is 30.8 Å². The number of hydrogen-bond donors (Lipinski definition) is 3. The number of rotatable bonds is 6. The summed E-state index contributed by atoms with van der Waals surface area (Å²) in [7, 11) is 0. The summed E-state index contributed by atoms with van der Waals surface area (Å²) in [6.07, 6.45) is 0. The summed E-state index contributed by atoms with van der Waals surface area (Å²) < 4.78 is 0. The van der Waals surface area contributed by atoms with Gasteiger partial charge in [0.15, 0.2) is 0 Å². The fourth-order valence-corrected chi connectivity index (χ4v) is 1.61. The molecule has 6 nitrogen and oxygen atoms in total. The van der Waals surface area contributed by atoms with E-state index in [-0.39, 0.29) is 23.6 Å². The van der Waals surface area contributed by atoms with Gasteiger partial charge in [0.2, 0.25) is 11.8 Å². The summed E-state index contributed by atoms with van der Waals surface area (Å²) in [4.78, 5) is 34.2. The average molecular weight is 291 g/mol. The van der Waals surface area contributed by atoms with Crippen molar-refractivity contribution in [3.05, 3.63) is 29.8 Å². The molecule has 0 unspecified atom stereocenters. The fraction of sp³-hybridized carbons (Fsp3) is 0.400. The van der Waals surface area contributed by atoms with Crippen molar-refractivity contribution in [3.63, 3.8) is 0 Å².